The van der Waals surface area contributed by atoms with E-state index in [2.05, 4.69) is 21.2 Å². The van der Waals surface area contributed by atoms with Crippen LogP contribution < -0.4 is 5.32 Å². The molecule has 0 saturated heterocycles. The normalized spacial score (nSPS) is 10.5. The number of aliphatic hydroxyl groups excluding tert-OH is 2. The van der Waals surface area contributed by atoms with E-state index in [1.165, 1.54) is 0 Å². The molecule has 0 radical (unpaired) electrons. The van der Waals surface area contributed by atoms with Crippen molar-refractivity contribution < 1.29 is 15.0 Å². The summed E-state index contributed by atoms with van der Waals surface area (Å²) in [4.78, 5) is 11.5. The molecule has 1 amide bonds. The third kappa shape index (κ3) is 4.30. The van der Waals surface area contributed by atoms with Crippen molar-refractivity contribution in [2.45, 2.75) is 12.5 Å². The van der Waals surface area contributed by atoms with Crippen molar-refractivity contribution in [3.63, 3.8) is 0 Å². The van der Waals surface area contributed by atoms with Gasteiger partial charge in [0.2, 0.25) is 5.91 Å². The molecule has 0 aromatic heterocycles. The summed E-state index contributed by atoms with van der Waals surface area (Å²) < 4.78 is 0.915. The van der Waals surface area contributed by atoms with Gasteiger partial charge in [-0.2, -0.15) is 0 Å². The highest BCUT2D eigenvalue weighted by molar-refractivity contribution is 9.10. The predicted octanol–water partition coefficient (Wildman–Crippen LogP) is 0.461. The Kier molecular flexibility index (Phi) is 5.45. The van der Waals surface area contributed by atoms with Gasteiger partial charge < -0.3 is 15.5 Å². The van der Waals surface area contributed by atoms with Crippen molar-refractivity contribution in [3.05, 3.63) is 34.3 Å². The number of carbonyl (C=O) groups excluding carboxylic acids is 1. The lowest BCUT2D eigenvalue weighted by molar-refractivity contribution is -0.121. The average Bonchev–Trinajstić information content (AvgIpc) is 2.26. The highest BCUT2D eigenvalue weighted by Gasteiger charge is 2.10. The van der Waals surface area contributed by atoms with Gasteiger partial charge in [0.1, 0.15) is 0 Å². The Morgan fingerprint density at radius 1 is 1.38 bits per heavy atom. The SMILES string of the molecule is O=C(Cc1cccc(Br)c1)NC(CO)CO. The Balaban J connectivity index is 2.51. The lowest BCUT2D eigenvalue weighted by atomic mass is 10.1. The van der Waals surface area contributed by atoms with E-state index in [-0.39, 0.29) is 25.5 Å². The number of hydrogen-bond donors (Lipinski definition) is 3. The molecule has 88 valence electrons. The maximum Gasteiger partial charge on any atom is 0.224 e. The van der Waals surface area contributed by atoms with E-state index in [1.54, 1.807) is 0 Å². The second-order valence-corrected chi connectivity index (χ2v) is 4.35. The number of carbonyl (C=O) groups is 1. The van der Waals surface area contributed by atoms with Crippen LogP contribution in [0.3, 0.4) is 0 Å². The van der Waals surface area contributed by atoms with E-state index in [9.17, 15) is 4.79 Å². The molecule has 4 nitrogen and oxygen atoms in total. The van der Waals surface area contributed by atoms with Gasteiger partial charge >= 0.3 is 0 Å². The average molecular weight is 288 g/mol. The highest BCUT2D eigenvalue weighted by atomic mass is 79.9. The van der Waals surface area contributed by atoms with E-state index in [0.29, 0.717) is 0 Å². The molecular weight excluding hydrogens is 274 g/mol. The van der Waals surface area contributed by atoms with Gasteiger partial charge in [-0.25, -0.2) is 0 Å². The molecule has 1 aromatic rings. The summed E-state index contributed by atoms with van der Waals surface area (Å²) in [5, 5.41) is 20.1. The fourth-order valence-corrected chi connectivity index (χ4v) is 1.71. The quantitative estimate of drug-likeness (QED) is 0.737. The lowest BCUT2D eigenvalue weighted by Crippen LogP contribution is -2.40. The first kappa shape index (κ1) is 13.2. The first-order chi connectivity index (χ1) is 7.65. The molecule has 0 unspecified atom stereocenters. The van der Waals surface area contributed by atoms with Crippen molar-refractivity contribution in [2.75, 3.05) is 13.2 Å². The zero-order chi connectivity index (χ0) is 12.0. The molecule has 0 fully saturated rings. The molecular formula is C11H14BrNO3. The molecule has 0 atom stereocenters. The van der Waals surface area contributed by atoms with Crippen LogP contribution in [0, 0.1) is 0 Å². The molecule has 0 heterocycles. The van der Waals surface area contributed by atoms with Crippen molar-refractivity contribution in [1.82, 2.24) is 5.32 Å². The molecule has 0 aliphatic carbocycles. The maximum absolute atomic E-state index is 11.5. The van der Waals surface area contributed by atoms with Gasteiger partial charge in [0.05, 0.1) is 25.7 Å². The Bertz CT molecular complexity index is 353. The van der Waals surface area contributed by atoms with Crippen molar-refractivity contribution in [1.29, 1.82) is 0 Å². The summed E-state index contributed by atoms with van der Waals surface area (Å²) in [6.07, 6.45) is 0.232. The number of amides is 1. The summed E-state index contributed by atoms with van der Waals surface area (Å²) in [5.74, 6) is -0.216. The molecule has 0 spiro atoms. The van der Waals surface area contributed by atoms with Crippen LogP contribution in [-0.4, -0.2) is 35.4 Å². The molecule has 0 bridgehead atoms. The summed E-state index contributed by atoms with van der Waals surface area (Å²) in [5.41, 5.74) is 0.876. The Morgan fingerprint density at radius 2 is 2.06 bits per heavy atom. The second-order valence-electron chi connectivity index (χ2n) is 3.44. The molecule has 0 saturated carbocycles. The third-order valence-electron chi connectivity index (χ3n) is 2.06. The van der Waals surface area contributed by atoms with Gasteiger partial charge in [0, 0.05) is 4.47 Å². The fourth-order valence-electron chi connectivity index (χ4n) is 1.26. The van der Waals surface area contributed by atoms with Crippen LogP contribution in [0.2, 0.25) is 0 Å². The van der Waals surface area contributed by atoms with Crippen molar-refractivity contribution in [2.24, 2.45) is 0 Å². The summed E-state index contributed by atoms with van der Waals surface area (Å²) in [6, 6.07) is 6.84. The topological polar surface area (TPSA) is 69.6 Å². The number of hydrogen-bond acceptors (Lipinski definition) is 3. The minimum atomic E-state index is -0.584. The van der Waals surface area contributed by atoms with Crippen LogP contribution in [-0.2, 0) is 11.2 Å². The first-order valence-corrected chi connectivity index (χ1v) is 5.70. The molecule has 0 aliphatic heterocycles. The minimum absolute atomic E-state index is 0.216. The molecule has 1 rings (SSSR count). The van der Waals surface area contributed by atoms with Crippen LogP contribution in [0.25, 0.3) is 0 Å². The second kappa shape index (κ2) is 6.62. The van der Waals surface area contributed by atoms with E-state index in [0.717, 1.165) is 10.0 Å². The summed E-state index contributed by atoms with van der Waals surface area (Å²) in [7, 11) is 0. The fraction of sp³-hybridized carbons (Fsp3) is 0.364. The van der Waals surface area contributed by atoms with Gasteiger partial charge in [0.15, 0.2) is 0 Å². The molecule has 0 aliphatic rings. The van der Waals surface area contributed by atoms with Crippen LogP contribution in [0.4, 0.5) is 0 Å². The minimum Gasteiger partial charge on any atom is -0.394 e. The number of halogens is 1. The Labute approximate surface area is 102 Å². The van der Waals surface area contributed by atoms with Crippen molar-refractivity contribution in [3.8, 4) is 0 Å². The molecule has 16 heavy (non-hydrogen) atoms. The Morgan fingerprint density at radius 3 is 2.62 bits per heavy atom. The molecule has 1 aromatic carbocycles. The smallest absolute Gasteiger partial charge is 0.224 e. The zero-order valence-corrected chi connectivity index (χ0v) is 10.3. The van der Waals surface area contributed by atoms with Gasteiger partial charge in [-0.15, -0.1) is 0 Å². The van der Waals surface area contributed by atoms with Crippen molar-refractivity contribution >= 4 is 21.8 Å². The van der Waals surface area contributed by atoms with Crippen LogP contribution in [0.1, 0.15) is 5.56 Å². The highest BCUT2D eigenvalue weighted by Crippen LogP contribution is 2.11. The van der Waals surface area contributed by atoms with Gasteiger partial charge in [0.25, 0.3) is 0 Å². The van der Waals surface area contributed by atoms with E-state index in [4.69, 9.17) is 10.2 Å². The van der Waals surface area contributed by atoms with Crippen LogP contribution in [0.15, 0.2) is 28.7 Å². The number of aliphatic hydroxyl groups is 2. The third-order valence-corrected chi connectivity index (χ3v) is 2.55. The van der Waals surface area contributed by atoms with Gasteiger partial charge in [-0.1, -0.05) is 28.1 Å². The Hall–Kier alpha value is -0.910. The number of nitrogens with one attached hydrogen (secondary N) is 1. The largest absolute Gasteiger partial charge is 0.394 e. The monoisotopic (exact) mass is 287 g/mol. The summed E-state index contributed by atoms with van der Waals surface area (Å²) in [6.45, 7) is -0.526. The van der Waals surface area contributed by atoms with E-state index >= 15 is 0 Å². The van der Waals surface area contributed by atoms with E-state index < -0.39 is 6.04 Å². The molecule has 3 N–H and O–H groups in total. The van der Waals surface area contributed by atoms with E-state index in [1.807, 2.05) is 24.3 Å². The first-order valence-electron chi connectivity index (χ1n) is 4.91. The van der Waals surface area contributed by atoms with Gasteiger partial charge in [-0.3, -0.25) is 4.79 Å². The lowest BCUT2D eigenvalue weighted by Gasteiger charge is -2.13. The summed E-state index contributed by atoms with van der Waals surface area (Å²) >= 11 is 3.32. The number of benzene rings is 1. The molecule has 5 heteroatoms. The standard InChI is InChI=1S/C11H14BrNO3/c12-9-3-1-2-8(4-9)5-11(16)13-10(6-14)7-15/h1-4,10,14-15H,5-7H2,(H,13,16). The van der Waals surface area contributed by atoms with Crippen LogP contribution in [0.5, 0.6) is 0 Å². The number of rotatable bonds is 5. The van der Waals surface area contributed by atoms with Crippen LogP contribution >= 0.6 is 15.9 Å². The maximum atomic E-state index is 11.5. The van der Waals surface area contributed by atoms with Gasteiger partial charge in [-0.05, 0) is 17.7 Å². The zero-order valence-electron chi connectivity index (χ0n) is 8.69. The predicted molar refractivity (Wildman–Crippen MR) is 63.9 cm³/mol.